The Bertz CT molecular complexity index is 462. The number of hydrogen-bond acceptors (Lipinski definition) is 5. The van der Waals surface area contributed by atoms with Crippen LogP contribution in [-0.2, 0) is 16.8 Å². The van der Waals surface area contributed by atoms with E-state index in [1.165, 1.54) is 6.42 Å². The highest BCUT2D eigenvalue weighted by Crippen LogP contribution is 2.37. The predicted octanol–water partition coefficient (Wildman–Crippen LogP) is 3.11. The van der Waals surface area contributed by atoms with Gasteiger partial charge in [0.05, 0.1) is 11.7 Å². The Kier molecular flexibility index (Phi) is 3.91. The molecule has 0 N–H and O–H groups in total. The van der Waals surface area contributed by atoms with Crippen molar-refractivity contribution in [2.45, 2.75) is 70.5 Å². The summed E-state index contributed by atoms with van der Waals surface area (Å²) in [5.74, 6) is 0.979. The lowest BCUT2D eigenvalue weighted by Crippen LogP contribution is -2.27. The molecule has 0 aliphatic heterocycles. The molecule has 1 heterocycles. The second kappa shape index (κ2) is 5.30. The van der Waals surface area contributed by atoms with E-state index in [2.05, 4.69) is 16.2 Å². The fourth-order valence-electron chi connectivity index (χ4n) is 2.32. The molecule has 0 aromatic carbocycles. The third-order valence-electron chi connectivity index (χ3n) is 3.43. The number of hydrogen-bond donors (Lipinski definition) is 0. The molecule has 0 bridgehead atoms. The maximum atomic E-state index is 9.45. The molecule has 0 spiro atoms. The van der Waals surface area contributed by atoms with E-state index in [0.717, 1.165) is 25.7 Å². The van der Waals surface area contributed by atoms with E-state index >= 15 is 0 Å². The SMILES string of the molecule is CC(C)(C)OCc1noc(C2(C#N)CCCCC2)n1. The summed E-state index contributed by atoms with van der Waals surface area (Å²) in [6.07, 6.45) is 4.89. The van der Waals surface area contributed by atoms with E-state index in [0.29, 0.717) is 18.3 Å². The summed E-state index contributed by atoms with van der Waals surface area (Å²) < 4.78 is 10.9. The zero-order valence-corrected chi connectivity index (χ0v) is 11.9. The zero-order valence-electron chi connectivity index (χ0n) is 11.9. The van der Waals surface area contributed by atoms with Gasteiger partial charge in [-0.1, -0.05) is 24.4 Å². The van der Waals surface area contributed by atoms with Crippen LogP contribution < -0.4 is 0 Å². The molecule has 0 amide bonds. The van der Waals surface area contributed by atoms with E-state index < -0.39 is 5.41 Å². The van der Waals surface area contributed by atoms with Crippen LogP contribution in [0.4, 0.5) is 0 Å². The summed E-state index contributed by atoms with van der Waals surface area (Å²) in [7, 11) is 0. The highest BCUT2D eigenvalue weighted by molar-refractivity contribution is 5.19. The van der Waals surface area contributed by atoms with Crippen molar-refractivity contribution in [1.82, 2.24) is 10.1 Å². The molecule has 5 heteroatoms. The highest BCUT2D eigenvalue weighted by atomic mass is 16.5. The molecular weight excluding hydrogens is 242 g/mol. The van der Waals surface area contributed by atoms with Crippen molar-refractivity contribution in [3.63, 3.8) is 0 Å². The van der Waals surface area contributed by atoms with Crippen LogP contribution in [-0.4, -0.2) is 15.7 Å². The molecule has 2 rings (SSSR count). The molecule has 5 nitrogen and oxygen atoms in total. The van der Waals surface area contributed by atoms with E-state index in [1.807, 2.05) is 20.8 Å². The lowest BCUT2D eigenvalue weighted by atomic mass is 9.75. The minimum absolute atomic E-state index is 0.238. The van der Waals surface area contributed by atoms with Crippen molar-refractivity contribution in [2.75, 3.05) is 0 Å². The van der Waals surface area contributed by atoms with E-state index in [4.69, 9.17) is 9.26 Å². The van der Waals surface area contributed by atoms with Gasteiger partial charge in [-0.2, -0.15) is 10.2 Å². The summed E-state index contributed by atoms with van der Waals surface area (Å²) in [5.41, 5.74) is -0.816. The number of nitrogens with zero attached hydrogens (tertiary/aromatic N) is 3. The van der Waals surface area contributed by atoms with Crippen LogP contribution in [0.1, 0.15) is 64.6 Å². The quantitative estimate of drug-likeness (QED) is 0.837. The molecule has 1 aromatic heterocycles. The van der Waals surface area contributed by atoms with Crippen molar-refractivity contribution in [1.29, 1.82) is 5.26 Å². The molecule has 0 unspecified atom stereocenters. The largest absolute Gasteiger partial charge is 0.368 e. The summed E-state index contributed by atoms with van der Waals surface area (Å²) >= 11 is 0. The number of nitriles is 1. The van der Waals surface area contributed by atoms with Crippen LogP contribution in [0.15, 0.2) is 4.52 Å². The van der Waals surface area contributed by atoms with Crippen LogP contribution in [0.5, 0.6) is 0 Å². The topological polar surface area (TPSA) is 71.9 Å². The lowest BCUT2D eigenvalue weighted by molar-refractivity contribution is -0.0187. The Balaban J connectivity index is 2.09. The van der Waals surface area contributed by atoms with Gasteiger partial charge in [0.15, 0.2) is 5.82 Å². The lowest BCUT2D eigenvalue weighted by Gasteiger charge is -2.26. The van der Waals surface area contributed by atoms with E-state index in [9.17, 15) is 5.26 Å². The van der Waals surface area contributed by atoms with Crippen molar-refractivity contribution in [3.8, 4) is 6.07 Å². The molecule has 1 saturated carbocycles. The van der Waals surface area contributed by atoms with Gasteiger partial charge < -0.3 is 9.26 Å². The smallest absolute Gasteiger partial charge is 0.247 e. The van der Waals surface area contributed by atoms with Gasteiger partial charge in [0, 0.05) is 0 Å². The van der Waals surface area contributed by atoms with E-state index in [-0.39, 0.29) is 5.60 Å². The molecule has 0 radical (unpaired) electrons. The first kappa shape index (κ1) is 14.0. The monoisotopic (exact) mass is 263 g/mol. The van der Waals surface area contributed by atoms with Gasteiger partial charge in [0.1, 0.15) is 12.0 Å². The second-order valence-corrected chi connectivity index (χ2v) is 6.17. The van der Waals surface area contributed by atoms with Gasteiger partial charge in [0.25, 0.3) is 0 Å². The third-order valence-corrected chi connectivity index (χ3v) is 3.43. The van der Waals surface area contributed by atoms with E-state index in [1.54, 1.807) is 0 Å². The standard InChI is InChI=1S/C14H21N3O2/c1-13(2,3)18-9-11-16-12(19-17-11)14(10-15)7-5-4-6-8-14/h4-9H2,1-3H3. The van der Waals surface area contributed by atoms with Crippen molar-refractivity contribution < 1.29 is 9.26 Å². The summed E-state index contributed by atoms with van der Waals surface area (Å²) in [6.45, 7) is 6.25. The molecule has 0 saturated heterocycles. The fraction of sp³-hybridized carbons (Fsp3) is 0.786. The molecule has 0 atom stereocenters. The normalized spacial score (nSPS) is 19.1. The first-order valence-corrected chi connectivity index (χ1v) is 6.83. The molecule has 1 aliphatic carbocycles. The van der Waals surface area contributed by atoms with Gasteiger partial charge in [-0.05, 0) is 33.6 Å². The van der Waals surface area contributed by atoms with Gasteiger partial charge in [-0.15, -0.1) is 0 Å². The number of aromatic nitrogens is 2. The number of rotatable bonds is 3. The summed E-state index contributed by atoms with van der Waals surface area (Å²) in [4.78, 5) is 4.35. The molecule has 19 heavy (non-hydrogen) atoms. The van der Waals surface area contributed by atoms with Gasteiger partial charge >= 0.3 is 0 Å². The second-order valence-electron chi connectivity index (χ2n) is 6.17. The maximum Gasteiger partial charge on any atom is 0.247 e. The Morgan fingerprint density at radius 3 is 2.58 bits per heavy atom. The zero-order chi connectivity index (χ0) is 13.9. The molecule has 1 aromatic rings. The van der Waals surface area contributed by atoms with Gasteiger partial charge in [-0.3, -0.25) is 0 Å². The molecule has 1 fully saturated rings. The average Bonchev–Trinajstić information content (AvgIpc) is 2.86. The molecule has 104 valence electrons. The first-order valence-electron chi connectivity index (χ1n) is 6.83. The van der Waals surface area contributed by atoms with Gasteiger partial charge in [0.2, 0.25) is 5.89 Å². The average molecular weight is 263 g/mol. The maximum absolute atomic E-state index is 9.45. The molecular formula is C14H21N3O2. The third kappa shape index (κ3) is 3.32. The Labute approximate surface area is 113 Å². The minimum Gasteiger partial charge on any atom is -0.368 e. The Morgan fingerprint density at radius 2 is 2.00 bits per heavy atom. The summed E-state index contributed by atoms with van der Waals surface area (Å²) in [6, 6.07) is 2.38. The van der Waals surface area contributed by atoms with Crippen LogP contribution in [0, 0.1) is 11.3 Å². The van der Waals surface area contributed by atoms with Crippen molar-refractivity contribution >= 4 is 0 Å². The predicted molar refractivity (Wildman–Crippen MR) is 69.2 cm³/mol. The number of ether oxygens (including phenoxy) is 1. The minimum atomic E-state index is -0.578. The fourth-order valence-corrected chi connectivity index (χ4v) is 2.32. The summed E-state index contributed by atoms with van der Waals surface area (Å²) in [5, 5.41) is 13.4. The van der Waals surface area contributed by atoms with Gasteiger partial charge in [-0.25, -0.2) is 0 Å². The first-order chi connectivity index (χ1) is 8.95. The van der Waals surface area contributed by atoms with Crippen molar-refractivity contribution in [2.24, 2.45) is 0 Å². The van der Waals surface area contributed by atoms with Crippen LogP contribution >= 0.6 is 0 Å². The Hall–Kier alpha value is -1.41. The Morgan fingerprint density at radius 1 is 1.32 bits per heavy atom. The highest BCUT2D eigenvalue weighted by Gasteiger charge is 2.39. The van der Waals surface area contributed by atoms with Crippen LogP contribution in [0.25, 0.3) is 0 Å². The van der Waals surface area contributed by atoms with Crippen LogP contribution in [0.3, 0.4) is 0 Å². The van der Waals surface area contributed by atoms with Crippen LogP contribution in [0.2, 0.25) is 0 Å². The van der Waals surface area contributed by atoms with Crippen molar-refractivity contribution in [3.05, 3.63) is 11.7 Å². The molecule has 1 aliphatic rings.